The van der Waals surface area contributed by atoms with Crippen LogP contribution in [0.2, 0.25) is 0 Å². The fourth-order valence-corrected chi connectivity index (χ4v) is 2.69. The Kier molecular flexibility index (Phi) is 4.11. The van der Waals surface area contributed by atoms with Crippen molar-refractivity contribution >= 4 is 0 Å². The summed E-state index contributed by atoms with van der Waals surface area (Å²) in [5, 5.41) is 0. The largest absolute Gasteiger partial charge is 0.0654 e. The van der Waals surface area contributed by atoms with Crippen LogP contribution in [0.5, 0.6) is 0 Å². The second-order valence-electron chi connectivity index (χ2n) is 4.61. The Bertz CT molecular complexity index is 117. The van der Waals surface area contributed by atoms with Gasteiger partial charge < -0.3 is 0 Å². The van der Waals surface area contributed by atoms with Crippen molar-refractivity contribution in [3.8, 4) is 0 Å². The van der Waals surface area contributed by atoms with Crippen LogP contribution >= 0.6 is 0 Å². The molecule has 12 heavy (non-hydrogen) atoms. The van der Waals surface area contributed by atoms with Crippen molar-refractivity contribution < 1.29 is 0 Å². The molecule has 0 aromatic carbocycles. The highest BCUT2D eigenvalue weighted by Crippen LogP contribution is 2.38. The van der Waals surface area contributed by atoms with Crippen LogP contribution in [-0.4, -0.2) is 0 Å². The van der Waals surface area contributed by atoms with Gasteiger partial charge in [-0.3, -0.25) is 0 Å². The van der Waals surface area contributed by atoms with E-state index in [9.17, 15) is 0 Å². The van der Waals surface area contributed by atoms with E-state index in [1.165, 1.54) is 38.5 Å². The lowest BCUT2D eigenvalue weighted by Gasteiger charge is -2.18. The highest BCUT2D eigenvalue weighted by Gasteiger charge is 2.26. The molecule has 0 saturated heterocycles. The highest BCUT2D eigenvalue weighted by molar-refractivity contribution is 4.78. The average molecular weight is 168 g/mol. The fraction of sp³-hybridized carbons (Fsp3) is 1.00. The van der Waals surface area contributed by atoms with Crippen LogP contribution in [0.3, 0.4) is 0 Å². The van der Waals surface area contributed by atoms with E-state index in [1.807, 2.05) is 0 Å². The van der Waals surface area contributed by atoms with E-state index in [0.717, 1.165) is 17.8 Å². The summed E-state index contributed by atoms with van der Waals surface area (Å²) in [6.45, 7) is 7.10. The smallest absolute Gasteiger partial charge is 0.0386 e. The van der Waals surface area contributed by atoms with Gasteiger partial charge in [-0.1, -0.05) is 46.5 Å². The van der Waals surface area contributed by atoms with Crippen LogP contribution < -0.4 is 0 Å². The summed E-state index contributed by atoms with van der Waals surface area (Å²) < 4.78 is 0. The third-order valence-corrected chi connectivity index (χ3v) is 3.71. The van der Waals surface area contributed by atoms with Crippen molar-refractivity contribution in [1.82, 2.24) is 0 Å². The second-order valence-corrected chi connectivity index (χ2v) is 4.61. The average Bonchev–Trinajstić information content (AvgIpc) is 2.52. The van der Waals surface area contributed by atoms with Gasteiger partial charge in [0.2, 0.25) is 0 Å². The molecule has 0 aromatic rings. The van der Waals surface area contributed by atoms with Gasteiger partial charge >= 0.3 is 0 Å². The molecule has 0 radical (unpaired) electrons. The molecule has 0 aromatic heterocycles. The van der Waals surface area contributed by atoms with Crippen molar-refractivity contribution in [2.24, 2.45) is 17.8 Å². The molecule has 1 unspecified atom stereocenters. The molecule has 1 saturated carbocycles. The van der Waals surface area contributed by atoms with Gasteiger partial charge in [-0.2, -0.15) is 0 Å². The zero-order chi connectivity index (χ0) is 8.97. The molecule has 0 bridgehead atoms. The van der Waals surface area contributed by atoms with Crippen LogP contribution in [0.4, 0.5) is 0 Å². The Labute approximate surface area is 77.7 Å². The molecule has 0 heterocycles. The minimum absolute atomic E-state index is 0.992. The molecule has 3 atom stereocenters. The van der Waals surface area contributed by atoms with Crippen LogP contribution in [0, 0.1) is 17.8 Å². The highest BCUT2D eigenvalue weighted by atomic mass is 14.3. The maximum absolute atomic E-state index is 2.45. The molecular formula is C12H24. The first-order valence-corrected chi connectivity index (χ1v) is 5.77. The molecule has 0 spiro atoms. The minimum Gasteiger partial charge on any atom is -0.0654 e. The first-order valence-electron chi connectivity index (χ1n) is 5.77. The SMILES string of the molecule is CCC[C@@H](C)C1CC[C@H](CC)C1. The lowest BCUT2D eigenvalue weighted by Crippen LogP contribution is -2.07. The minimum atomic E-state index is 0.992. The van der Waals surface area contributed by atoms with E-state index in [1.54, 1.807) is 0 Å². The Morgan fingerprint density at radius 2 is 2.00 bits per heavy atom. The number of hydrogen-bond donors (Lipinski definition) is 0. The van der Waals surface area contributed by atoms with Gasteiger partial charge in [0.1, 0.15) is 0 Å². The maximum Gasteiger partial charge on any atom is -0.0386 e. The number of hydrogen-bond acceptors (Lipinski definition) is 0. The molecule has 0 N–H and O–H groups in total. The third-order valence-electron chi connectivity index (χ3n) is 3.71. The molecule has 1 fully saturated rings. The Morgan fingerprint density at radius 1 is 1.25 bits per heavy atom. The van der Waals surface area contributed by atoms with E-state index in [0.29, 0.717) is 0 Å². The van der Waals surface area contributed by atoms with Gasteiger partial charge in [-0.15, -0.1) is 0 Å². The van der Waals surface area contributed by atoms with Gasteiger partial charge in [-0.05, 0) is 30.6 Å². The summed E-state index contributed by atoms with van der Waals surface area (Å²) in [5.74, 6) is 3.12. The molecule has 0 nitrogen and oxygen atoms in total. The van der Waals surface area contributed by atoms with Crippen molar-refractivity contribution in [2.45, 2.75) is 59.3 Å². The predicted octanol–water partition coefficient (Wildman–Crippen LogP) is 4.25. The van der Waals surface area contributed by atoms with Crippen molar-refractivity contribution in [2.75, 3.05) is 0 Å². The van der Waals surface area contributed by atoms with E-state index < -0.39 is 0 Å². The fourth-order valence-electron chi connectivity index (χ4n) is 2.69. The molecule has 1 aliphatic rings. The van der Waals surface area contributed by atoms with Crippen molar-refractivity contribution in [1.29, 1.82) is 0 Å². The quantitative estimate of drug-likeness (QED) is 0.588. The lowest BCUT2D eigenvalue weighted by atomic mass is 9.88. The van der Waals surface area contributed by atoms with Gasteiger partial charge in [0.25, 0.3) is 0 Å². The normalized spacial score (nSPS) is 32.2. The summed E-state index contributed by atoms with van der Waals surface area (Å²) in [7, 11) is 0. The van der Waals surface area contributed by atoms with E-state index in [-0.39, 0.29) is 0 Å². The molecule has 0 heteroatoms. The monoisotopic (exact) mass is 168 g/mol. The lowest BCUT2D eigenvalue weighted by molar-refractivity contribution is 0.330. The Hall–Kier alpha value is 0. The standard InChI is InChI=1S/C12H24/c1-4-6-10(3)12-8-7-11(5-2)9-12/h10-12H,4-9H2,1-3H3/t10-,11+,12?/m1/s1. The van der Waals surface area contributed by atoms with Gasteiger partial charge in [-0.25, -0.2) is 0 Å². The molecule has 72 valence electrons. The second kappa shape index (κ2) is 4.89. The summed E-state index contributed by atoms with van der Waals surface area (Å²) >= 11 is 0. The molecule has 1 rings (SSSR count). The topological polar surface area (TPSA) is 0 Å². The summed E-state index contributed by atoms with van der Waals surface area (Å²) in [4.78, 5) is 0. The van der Waals surface area contributed by atoms with Gasteiger partial charge in [0.05, 0.1) is 0 Å². The first-order chi connectivity index (χ1) is 5.77. The summed E-state index contributed by atoms with van der Waals surface area (Å²) in [6.07, 6.45) is 8.78. The first kappa shape index (κ1) is 10.1. The molecule has 1 aliphatic carbocycles. The Balaban J connectivity index is 2.25. The van der Waals surface area contributed by atoms with Gasteiger partial charge in [0.15, 0.2) is 0 Å². The number of rotatable bonds is 4. The molecule has 0 amide bonds. The van der Waals surface area contributed by atoms with Crippen LogP contribution in [-0.2, 0) is 0 Å². The third kappa shape index (κ3) is 2.50. The summed E-state index contributed by atoms with van der Waals surface area (Å²) in [5.41, 5.74) is 0. The van der Waals surface area contributed by atoms with Crippen molar-refractivity contribution in [3.05, 3.63) is 0 Å². The molecule has 0 aliphatic heterocycles. The zero-order valence-corrected chi connectivity index (χ0v) is 8.97. The maximum atomic E-state index is 2.45. The van der Waals surface area contributed by atoms with E-state index in [2.05, 4.69) is 20.8 Å². The van der Waals surface area contributed by atoms with Crippen molar-refractivity contribution in [3.63, 3.8) is 0 Å². The van der Waals surface area contributed by atoms with Gasteiger partial charge in [0, 0.05) is 0 Å². The van der Waals surface area contributed by atoms with Crippen LogP contribution in [0.15, 0.2) is 0 Å². The Morgan fingerprint density at radius 3 is 2.50 bits per heavy atom. The van der Waals surface area contributed by atoms with Crippen LogP contribution in [0.25, 0.3) is 0 Å². The molecular weight excluding hydrogens is 144 g/mol. The van der Waals surface area contributed by atoms with E-state index >= 15 is 0 Å². The van der Waals surface area contributed by atoms with Crippen LogP contribution in [0.1, 0.15) is 59.3 Å². The summed E-state index contributed by atoms with van der Waals surface area (Å²) in [6, 6.07) is 0. The predicted molar refractivity (Wildman–Crippen MR) is 55.2 cm³/mol. The van der Waals surface area contributed by atoms with E-state index in [4.69, 9.17) is 0 Å². The zero-order valence-electron chi connectivity index (χ0n) is 8.97.